The van der Waals surface area contributed by atoms with Gasteiger partial charge in [-0.05, 0) is 10.4 Å². The second kappa shape index (κ2) is 4.66. The molecule has 0 fully saturated rings. The normalized spacial score (nSPS) is 11.3. The average Bonchev–Trinajstić information content (AvgIpc) is 2.38. The second-order valence-electron chi connectivity index (χ2n) is 1.80. The van der Waals surface area contributed by atoms with E-state index in [9.17, 15) is 0 Å². The summed E-state index contributed by atoms with van der Waals surface area (Å²) >= 11 is 0. The predicted octanol–water partition coefficient (Wildman–Crippen LogP) is -0.355. The van der Waals surface area contributed by atoms with Gasteiger partial charge in [-0.25, -0.2) is 5.10 Å². The Labute approximate surface area is 70.2 Å². The molecular formula is C5H8ClN5. The van der Waals surface area contributed by atoms with Crippen LogP contribution in [-0.4, -0.2) is 20.6 Å². The summed E-state index contributed by atoms with van der Waals surface area (Å²) in [6, 6.07) is -0.278. The number of aromatic nitrogens is 4. The molecule has 0 spiro atoms. The predicted molar refractivity (Wildman–Crippen MR) is 41.8 cm³/mol. The molecule has 11 heavy (non-hydrogen) atoms. The van der Waals surface area contributed by atoms with E-state index in [2.05, 4.69) is 26.5 Å². The molecule has 0 aliphatic carbocycles. The van der Waals surface area contributed by atoms with Gasteiger partial charge in [0, 0.05) is 6.42 Å². The molecule has 6 heteroatoms. The van der Waals surface area contributed by atoms with E-state index in [-0.39, 0.29) is 18.4 Å². The Morgan fingerprint density at radius 2 is 2.45 bits per heavy atom. The Balaban J connectivity index is 0.000001000. The Morgan fingerprint density at radius 3 is 2.91 bits per heavy atom. The summed E-state index contributed by atoms with van der Waals surface area (Å²) in [7, 11) is 0. The van der Waals surface area contributed by atoms with Crippen LogP contribution in [-0.2, 0) is 0 Å². The van der Waals surface area contributed by atoms with Crippen LogP contribution in [0.5, 0.6) is 0 Å². The van der Waals surface area contributed by atoms with Gasteiger partial charge in [-0.3, -0.25) is 0 Å². The van der Waals surface area contributed by atoms with Crippen molar-refractivity contribution in [3.05, 3.63) is 5.82 Å². The minimum Gasteiger partial charge on any atom is -0.320 e. The van der Waals surface area contributed by atoms with Crippen molar-refractivity contribution in [2.45, 2.75) is 12.5 Å². The molecule has 3 N–H and O–H groups in total. The highest BCUT2D eigenvalue weighted by Gasteiger charge is 2.06. The van der Waals surface area contributed by atoms with Gasteiger partial charge in [0.1, 0.15) is 0 Å². The lowest BCUT2D eigenvalue weighted by molar-refractivity contribution is 0.694. The summed E-state index contributed by atoms with van der Waals surface area (Å²) in [5.74, 6) is 2.94. The molecule has 1 aromatic rings. The third-order valence-electron chi connectivity index (χ3n) is 1.05. The van der Waals surface area contributed by atoms with Crippen LogP contribution in [0.15, 0.2) is 0 Å². The van der Waals surface area contributed by atoms with Crippen LogP contribution in [0.2, 0.25) is 0 Å². The fourth-order valence-electron chi connectivity index (χ4n) is 0.547. The maximum atomic E-state index is 5.53. The van der Waals surface area contributed by atoms with Crippen LogP contribution in [0.25, 0.3) is 0 Å². The quantitative estimate of drug-likeness (QED) is 0.599. The topological polar surface area (TPSA) is 80.5 Å². The smallest absolute Gasteiger partial charge is 0.166 e. The molecule has 0 saturated heterocycles. The van der Waals surface area contributed by atoms with E-state index < -0.39 is 0 Å². The van der Waals surface area contributed by atoms with Gasteiger partial charge in [0.05, 0.1) is 6.04 Å². The van der Waals surface area contributed by atoms with E-state index in [1.54, 1.807) is 0 Å². The fourth-order valence-corrected chi connectivity index (χ4v) is 0.547. The minimum atomic E-state index is -0.278. The number of halogens is 1. The first-order chi connectivity index (χ1) is 4.84. The number of nitrogens with two attached hydrogens (primary N) is 1. The lowest BCUT2D eigenvalue weighted by Gasteiger charge is -1.99. The standard InChI is InChI=1S/C5H7N5.ClH/c1-2-3-4(6)5-7-9-10-8-5;/h1,4H,3,6H2,(H,7,8,9,10);1H/t4-;/m0./s1. The lowest BCUT2D eigenvalue weighted by atomic mass is 10.2. The van der Waals surface area contributed by atoms with Gasteiger partial charge < -0.3 is 5.73 Å². The third kappa shape index (κ3) is 2.53. The molecule has 0 radical (unpaired) electrons. The van der Waals surface area contributed by atoms with Crippen molar-refractivity contribution in [2.24, 2.45) is 5.73 Å². The van der Waals surface area contributed by atoms with Crippen LogP contribution in [0.3, 0.4) is 0 Å². The molecule has 1 rings (SSSR count). The first-order valence-electron chi connectivity index (χ1n) is 2.77. The molecule has 0 saturated carbocycles. The van der Waals surface area contributed by atoms with Crippen LogP contribution in [0, 0.1) is 12.3 Å². The summed E-state index contributed by atoms with van der Waals surface area (Å²) in [6.07, 6.45) is 5.46. The van der Waals surface area contributed by atoms with E-state index in [1.165, 1.54) is 0 Å². The van der Waals surface area contributed by atoms with Gasteiger partial charge in [-0.1, -0.05) is 0 Å². The van der Waals surface area contributed by atoms with Gasteiger partial charge in [0.25, 0.3) is 0 Å². The SMILES string of the molecule is C#CC[C@H](N)c1nnn[nH]1.Cl. The Morgan fingerprint density at radius 1 is 1.73 bits per heavy atom. The molecule has 0 aliphatic rings. The van der Waals surface area contributed by atoms with E-state index in [1.807, 2.05) is 0 Å². The van der Waals surface area contributed by atoms with Gasteiger partial charge in [-0.2, -0.15) is 0 Å². The Bertz CT molecular complexity index is 226. The summed E-state index contributed by atoms with van der Waals surface area (Å²) in [4.78, 5) is 0. The molecule has 0 aliphatic heterocycles. The maximum Gasteiger partial charge on any atom is 0.166 e. The highest BCUT2D eigenvalue weighted by Crippen LogP contribution is 2.03. The van der Waals surface area contributed by atoms with Gasteiger partial charge in [0.15, 0.2) is 5.82 Å². The monoisotopic (exact) mass is 173 g/mol. The van der Waals surface area contributed by atoms with E-state index in [0.717, 1.165) is 0 Å². The maximum absolute atomic E-state index is 5.53. The number of aromatic amines is 1. The van der Waals surface area contributed by atoms with Gasteiger partial charge in [-0.15, -0.1) is 29.8 Å². The van der Waals surface area contributed by atoms with Crippen LogP contribution < -0.4 is 5.73 Å². The summed E-state index contributed by atoms with van der Waals surface area (Å²) < 4.78 is 0. The van der Waals surface area contributed by atoms with Crippen molar-refractivity contribution in [2.75, 3.05) is 0 Å². The zero-order valence-corrected chi connectivity index (χ0v) is 6.51. The molecule has 0 amide bonds. The minimum absolute atomic E-state index is 0. The number of H-pyrrole nitrogens is 1. The third-order valence-corrected chi connectivity index (χ3v) is 1.05. The van der Waals surface area contributed by atoms with Crippen molar-refractivity contribution in [3.63, 3.8) is 0 Å². The van der Waals surface area contributed by atoms with E-state index in [0.29, 0.717) is 12.2 Å². The Kier molecular flexibility index (Phi) is 4.18. The molecule has 60 valence electrons. The molecule has 1 heterocycles. The van der Waals surface area contributed by atoms with Crippen LogP contribution in [0.4, 0.5) is 0 Å². The van der Waals surface area contributed by atoms with Crippen molar-refractivity contribution in [1.29, 1.82) is 0 Å². The molecule has 1 aromatic heterocycles. The molecule has 1 atom stereocenters. The average molecular weight is 174 g/mol. The van der Waals surface area contributed by atoms with E-state index in [4.69, 9.17) is 12.2 Å². The number of nitrogens with one attached hydrogen (secondary N) is 1. The van der Waals surface area contributed by atoms with Crippen molar-refractivity contribution < 1.29 is 0 Å². The zero-order chi connectivity index (χ0) is 7.40. The Hall–Kier alpha value is -1.12. The number of nitrogens with zero attached hydrogens (tertiary/aromatic N) is 3. The zero-order valence-electron chi connectivity index (χ0n) is 5.69. The first kappa shape index (κ1) is 9.88. The van der Waals surface area contributed by atoms with Gasteiger partial charge in [0.2, 0.25) is 0 Å². The lowest BCUT2D eigenvalue weighted by Crippen LogP contribution is -2.11. The second-order valence-corrected chi connectivity index (χ2v) is 1.80. The molecule has 0 bridgehead atoms. The van der Waals surface area contributed by atoms with Crippen LogP contribution >= 0.6 is 12.4 Å². The number of tetrazole rings is 1. The number of terminal acetylenes is 1. The molecule has 5 nitrogen and oxygen atoms in total. The summed E-state index contributed by atoms with van der Waals surface area (Å²) in [5, 5.41) is 12.8. The van der Waals surface area contributed by atoms with Crippen LogP contribution in [0.1, 0.15) is 18.3 Å². The highest BCUT2D eigenvalue weighted by atomic mass is 35.5. The summed E-state index contributed by atoms with van der Waals surface area (Å²) in [5.41, 5.74) is 5.53. The number of hydrogen-bond donors (Lipinski definition) is 2. The van der Waals surface area contributed by atoms with Crippen molar-refractivity contribution in [3.8, 4) is 12.3 Å². The van der Waals surface area contributed by atoms with Gasteiger partial charge >= 0.3 is 0 Å². The van der Waals surface area contributed by atoms with Crippen molar-refractivity contribution in [1.82, 2.24) is 20.6 Å². The summed E-state index contributed by atoms with van der Waals surface area (Å²) in [6.45, 7) is 0. The fraction of sp³-hybridized carbons (Fsp3) is 0.400. The highest BCUT2D eigenvalue weighted by molar-refractivity contribution is 5.85. The number of rotatable bonds is 2. The van der Waals surface area contributed by atoms with Crippen molar-refractivity contribution >= 4 is 12.4 Å². The van der Waals surface area contributed by atoms with E-state index >= 15 is 0 Å². The largest absolute Gasteiger partial charge is 0.320 e. The first-order valence-corrected chi connectivity index (χ1v) is 2.77. The molecule has 0 aromatic carbocycles. The number of hydrogen-bond acceptors (Lipinski definition) is 4. The molecule has 0 unspecified atom stereocenters. The molecular weight excluding hydrogens is 166 g/mol.